The molecule has 0 bridgehead atoms. The van der Waals surface area contributed by atoms with Gasteiger partial charge in [0.15, 0.2) is 0 Å². The van der Waals surface area contributed by atoms with Gasteiger partial charge >= 0.3 is 0 Å². The molecule has 1 nitrogen and oxygen atoms in total. The van der Waals surface area contributed by atoms with E-state index in [0.29, 0.717) is 11.8 Å². The van der Waals surface area contributed by atoms with Crippen LogP contribution in [0, 0.1) is 5.92 Å². The van der Waals surface area contributed by atoms with Gasteiger partial charge in [-0.2, -0.15) is 0 Å². The van der Waals surface area contributed by atoms with E-state index in [9.17, 15) is 5.11 Å². The number of benzene rings is 1. The Morgan fingerprint density at radius 1 is 1.28 bits per heavy atom. The summed E-state index contributed by atoms with van der Waals surface area (Å²) in [6.45, 7) is 6.65. The molecule has 100 valence electrons. The predicted molar refractivity (Wildman–Crippen MR) is 76.7 cm³/mol. The van der Waals surface area contributed by atoms with Gasteiger partial charge in [-0.15, -0.1) is 0 Å². The topological polar surface area (TPSA) is 20.2 Å². The van der Waals surface area contributed by atoms with Crippen molar-refractivity contribution in [1.29, 1.82) is 0 Å². The summed E-state index contributed by atoms with van der Waals surface area (Å²) < 4.78 is 0. The summed E-state index contributed by atoms with van der Waals surface area (Å²) in [5, 5.41) is 10.9. The van der Waals surface area contributed by atoms with Crippen molar-refractivity contribution in [3.05, 3.63) is 35.4 Å². The second-order valence-electron chi connectivity index (χ2n) is 6.18. The standard InChI is InChI=1S/C17H26O/c1-4-14-6-5-11-17(18,12-14)16-9-7-15(8-10-16)13(2)3/h7-10,13-14,18H,4-6,11-12H2,1-3H3. The van der Waals surface area contributed by atoms with E-state index in [2.05, 4.69) is 45.0 Å². The molecule has 0 amide bonds. The first-order chi connectivity index (χ1) is 8.55. The molecule has 1 heteroatoms. The lowest BCUT2D eigenvalue weighted by atomic mass is 9.73. The van der Waals surface area contributed by atoms with Crippen LogP contribution < -0.4 is 0 Å². The van der Waals surface area contributed by atoms with Crippen LogP contribution in [0.1, 0.15) is 69.9 Å². The normalized spacial score (nSPS) is 28.6. The smallest absolute Gasteiger partial charge is 0.0899 e. The van der Waals surface area contributed by atoms with Crippen LogP contribution in [-0.4, -0.2) is 5.11 Å². The third kappa shape index (κ3) is 2.77. The fourth-order valence-corrected chi connectivity index (χ4v) is 3.15. The molecular formula is C17H26O. The maximum Gasteiger partial charge on any atom is 0.0899 e. The summed E-state index contributed by atoms with van der Waals surface area (Å²) in [7, 11) is 0. The Morgan fingerprint density at radius 2 is 1.94 bits per heavy atom. The Balaban J connectivity index is 2.18. The molecule has 1 aliphatic carbocycles. The van der Waals surface area contributed by atoms with Crippen LogP contribution in [-0.2, 0) is 5.60 Å². The monoisotopic (exact) mass is 246 g/mol. The van der Waals surface area contributed by atoms with Crippen LogP contribution >= 0.6 is 0 Å². The highest BCUT2D eigenvalue weighted by Crippen LogP contribution is 2.41. The lowest BCUT2D eigenvalue weighted by Crippen LogP contribution is -2.32. The summed E-state index contributed by atoms with van der Waals surface area (Å²) in [5.74, 6) is 1.25. The van der Waals surface area contributed by atoms with E-state index in [1.54, 1.807) is 0 Å². The maximum absolute atomic E-state index is 10.9. The van der Waals surface area contributed by atoms with Gasteiger partial charge in [-0.25, -0.2) is 0 Å². The van der Waals surface area contributed by atoms with Gasteiger partial charge in [0.1, 0.15) is 0 Å². The molecule has 1 aliphatic rings. The lowest BCUT2D eigenvalue weighted by molar-refractivity contribution is -0.0217. The van der Waals surface area contributed by atoms with Crippen LogP contribution in [0.15, 0.2) is 24.3 Å². The molecule has 18 heavy (non-hydrogen) atoms. The molecule has 1 N–H and O–H groups in total. The summed E-state index contributed by atoms with van der Waals surface area (Å²) in [6, 6.07) is 8.61. The summed E-state index contributed by atoms with van der Waals surface area (Å²) in [5.41, 5.74) is 1.89. The zero-order valence-electron chi connectivity index (χ0n) is 11.9. The van der Waals surface area contributed by atoms with Crippen LogP contribution in [0.3, 0.4) is 0 Å². The first-order valence-electron chi connectivity index (χ1n) is 7.38. The number of hydrogen-bond donors (Lipinski definition) is 1. The first kappa shape index (κ1) is 13.6. The molecule has 1 aromatic carbocycles. The van der Waals surface area contributed by atoms with Gasteiger partial charge in [0.2, 0.25) is 0 Å². The Labute approximate surface area is 111 Å². The minimum absolute atomic E-state index is 0.559. The van der Waals surface area contributed by atoms with E-state index in [0.717, 1.165) is 24.8 Å². The molecule has 2 atom stereocenters. The van der Waals surface area contributed by atoms with Crippen molar-refractivity contribution in [1.82, 2.24) is 0 Å². The van der Waals surface area contributed by atoms with Gasteiger partial charge in [0.25, 0.3) is 0 Å². The van der Waals surface area contributed by atoms with Crippen molar-refractivity contribution in [2.24, 2.45) is 5.92 Å². The highest BCUT2D eigenvalue weighted by atomic mass is 16.3. The molecule has 0 heterocycles. The molecule has 0 saturated heterocycles. The Hall–Kier alpha value is -0.820. The van der Waals surface area contributed by atoms with Gasteiger partial charge in [0, 0.05) is 0 Å². The zero-order chi connectivity index (χ0) is 13.2. The Morgan fingerprint density at radius 3 is 2.50 bits per heavy atom. The van der Waals surface area contributed by atoms with Crippen LogP contribution in [0.2, 0.25) is 0 Å². The van der Waals surface area contributed by atoms with Gasteiger partial charge < -0.3 is 5.11 Å². The van der Waals surface area contributed by atoms with Crippen molar-refractivity contribution in [2.45, 2.75) is 64.4 Å². The van der Waals surface area contributed by atoms with Gasteiger partial charge in [-0.05, 0) is 42.2 Å². The van der Waals surface area contributed by atoms with Crippen molar-refractivity contribution >= 4 is 0 Å². The SMILES string of the molecule is CCC1CCCC(O)(c2ccc(C(C)C)cc2)C1. The number of aliphatic hydroxyl groups is 1. The minimum atomic E-state index is -0.575. The van der Waals surface area contributed by atoms with E-state index in [4.69, 9.17) is 0 Å². The zero-order valence-corrected chi connectivity index (χ0v) is 11.9. The predicted octanol–water partition coefficient (Wildman–Crippen LogP) is 4.60. The van der Waals surface area contributed by atoms with E-state index >= 15 is 0 Å². The Bertz CT molecular complexity index is 379. The van der Waals surface area contributed by atoms with Crippen molar-refractivity contribution < 1.29 is 5.11 Å². The van der Waals surface area contributed by atoms with E-state index < -0.39 is 5.60 Å². The summed E-state index contributed by atoms with van der Waals surface area (Å²) >= 11 is 0. The van der Waals surface area contributed by atoms with E-state index in [-0.39, 0.29) is 0 Å². The highest BCUT2D eigenvalue weighted by molar-refractivity contribution is 5.29. The number of hydrogen-bond acceptors (Lipinski definition) is 1. The molecule has 0 aromatic heterocycles. The van der Waals surface area contributed by atoms with Crippen molar-refractivity contribution in [2.75, 3.05) is 0 Å². The molecule has 1 aromatic rings. The largest absolute Gasteiger partial charge is 0.385 e. The molecule has 2 unspecified atom stereocenters. The minimum Gasteiger partial charge on any atom is -0.385 e. The molecule has 2 rings (SSSR count). The second-order valence-corrected chi connectivity index (χ2v) is 6.18. The third-order valence-corrected chi connectivity index (χ3v) is 4.52. The number of rotatable bonds is 3. The lowest BCUT2D eigenvalue weighted by Gasteiger charge is -2.37. The average molecular weight is 246 g/mol. The molecule has 0 aliphatic heterocycles. The van der Waals surface area contributed by atoms with Gasteiger partial charge in [-0.1, -0.05) is 57.9 Å². The van der Waals surface area contributed by atoms with E-state index in [1.165, 1.54) is 18.4 Å². The quantitative estimate of drug-likeness (QED) is 0.826. The fraction of sp³-hybridized carbons (Fsp3) is 0.647. The van der Waals surface area contributed by atoms with Crippen LogP contribution in [0.5, 0.6) is 0 Å². The van der Waals surface area contributed by atoms with Crippen LogP contribution in [0.4, 0.5) is 0 Å². The third-order valence-electron chi connectivity index (χ3n) is 4.52. The molecule has 0 radical (unpaired) electrons. The van der Waals surface area contributed by atoms with Crippen molar-refractivity contribution in [3.8, 4) is 0 Å². The van der Waals surface area contributed by atoms with Crippen molar-refractivity contribution in [3.63, 3.8) is 0 Å². The average Bonchev–Trinajstić information content (AvgIpc) is 2.39. The van der Waals surface area contributed by atoms with Gasteiger partial charge in [-0.3, -0.25) is 0 Å². The first-order valence-corrected chi connectivity index (χ1v) is 7.38. The molecule has 0 spiro atoms. The molecular weight excluding hydrogens is 220 g/mol. The summed E-state index contributed by atoms with van der Waals surface area (Å²) in [4.78, 5) is 0. The van der Waals surface area contributed by atoms with E-state index in [1.807, 2.05) is 0 Å². The molecule has 1 saturated carbocycles. The van der Waals surface area contributed by atoms with Gasteiger partial charge in [0.05, 0.1) is 5.60 Å². The van der Waals surface area contributed by atoms with Crippen LogP contribution in [0.25, 0.3) is 0 Å². The second kappa shape index (κ2) is 5.44. The summed E-state index contributed by atoms with van der Waals surface area (Å²) in [6.07, 6.45) is 5.48. The highest BCUT2D eigenvalue weighted by Gasteiger charge is 2.35. The maximum atomic E-state index is 10.9. The Kier molecular flexibility index (Phi) is 4.11. The molecule has 1 fully saturated rings. The fourth-order valence-electron chi connectivity index (χ4n) is 3.15.